The van der Waals surface area contributed by atoms with Crippen LogP contribution in [0.25, 0.3) is 0 Å². The monoisotopic (exact) mass is 240 g/mol. The minimum absolute atomic E-state index is 0.0742. The van der Waals surface area contributed by atoms with Crippen LogP contribution in [0, 0.1) is 5.92 Å². The average molecular weight is 240 g/mol. The molecule has 2 N–H and O–H groups in total. The normalized spacial score (nSPS) is 32.4. The number of hydrogen-bond donors (Lipinski definition) is 2. The first-order chi connectivity index (χ1) is 7.94. The van der Waals surface area contributed by atoms with Gasteiger partial charge in [0.2, 0.25) is 11.8 Å². The van der Waals surface area contributed by atoms with Gasteiger partial charge in [0.25, 0.3) is 0 Å². The highest BCUT2D eigenvalue weighted by Crippen LogP contribution is 2.30. The second-order valence-corrected chi connectivity index (χ2v) is 5.41. The van der Waals surface area contributed by atoms with E-state index in [0.717, 1.165) is 12.8 Å². The summed E-state index contributed by atoms with van der Waals surface area (Å²) >= 11 is 0. The number of nitrogens with zero attached hydrogens (tertiary/aromatic N) is 1. The predicted molar refractivity (Wildman–Crippen MR) is 62.1 cm³/mol. The molecule has 0 aromatic carbocycles. The van der Waals surface area contributed by atoms with E-state index in [2.05, 4.69) is 5.32 Å². The van der Waals surface area contributed by atoms with Gasteiger partial charge < -0.3 is 15.3 Å². The van der Waals surface area contributed by atoms with Crippen molar-refractivity contribution in [3.05, 3.63) is 0 Å². The quantitative estimate of drug-likeness (QED) is 0.671. The first-order valence-electron chi connectivity index (χ1n) is 6.22. The van der Waals surface area contributed by atoms with E-state index >= 15 is 0 Å². The molecule has 0 spiro atoms. The summed E-state index contributed by atoms with van der Waals surface area (Å²) in [5, 5.41) is 12.5. The zero-order chi connectivity index (χ0) is 12.6. The summed E-state index contributed by atoms with van der Waals surface area (Å²) in [6, 6.07) is 0. The molecule has 0 bridgehead atoms. The van der Waals surface area contributed by atoms with Gasteiger partial charge in [0.05, 0.1) is 12.0 Å². The summed E-state index contributed by atoms with van der Waals surface area (Å²) in [6.45, 7) is 4.53. The lowest BCUT2D eigenvalue weighted by atomic mass is 9.95. The molecule has 2 fully saturated rings. The largest absolute Gasteiger partial charge is 0.392 e. The highest BCUT2D eigenvalue weighted by atomic mass is 16.3. The molecule has 17 heavy (non-hydrogen) atoms. The molecule has 2 aliphatic rings. The number of hydrogen-bond acceptors (Lipinski definition) is 3. The number of carbonyl (C=O) groups is 2. The number of rotatable bonds is 1. The van der Waals surface area contributed by atoms with Crippen LogP contribution in [0.4, 0.5) is 0 Å². The van der Waals surface area contributed by atoms with Crippen LogP contribution in [0.3, 0.4) is 0 Å². The Morgan fingerprint density at radius 1 is 1.47 bits per heavy atom. The standard InChI is InChI=1S/C12H20N2O3/c1-12(2)11(17)13-6-7-14(12)10(16)8-4-3-5-9(8)15/h8-9,15H,3-7H2,1-2H3,(H,13,17). The van der Waals surface area contributed by atoms with Crippen LogP contribution in [0.2, 0.25) is 0 Å². The smallest absolute Gasteiger partial charge is 0.245 e. The Kier molecular flexibility index (Phi) is 3.12. The number of aliphatic hydroxyl groups excluding tert-OH is 1. The summed E-state index contributed by atoms with van der Waals surface area (Å²) in [6.07, 6.45) is 1.77. The predicted octanol–water partition coefficient (Wildman–Crippen LogP) is -0.116. The zero-order valence-corrected chi connectivity index (χ0v) is 10.4. The number of amides is 2. The minimum Gasteiger partial charge on any atom is -0.392 e. The Labute approximate surface area is 101 Å². The lowest BCUT2D eigenvalue weighted by Crippen LogP contribution is -2.64. The Balaban J connectivity index is 2.15. The van der Waals surface area contributed by atoms with E-state index in [1.807, 2.05) is 0 Å². The minimum atomic E-state index is -0.808. The molecule has 1 saturated heterocycles. The summed E-state index contributed by atoms with van der Waals surface area (Å²) in [7, 11) is 0. The van der Waals surface area contributed by atoms with Crippen LogP contribution >= 0.6 is 0 Å². The van der Waals surface area contributed by atoms with Crippen LogP contribution in [0.1, 0.15) is 33.1 Å². The van der Waals surface area contributed by atoms with Gasteiger partial charge in [0.1, 0.15) is 5.54 Å². The molecular weight excluding hydrogens is 220 g/mol. The van der Waals surface area contributed by atoms with Gasteiger partial charge in [-0.3, -0.25) is 9.59 Å². The van der Waals surface area contributed by atoms with Crippen LogP contribution in [0.5, 0.6) is 0 Å². The molecule has 5 heteroatoms. The Morgan fingerprint density at radius 2 is 2.18 bits per heavy atom. The first kappa shape index (κ1) is 12.4. The molecule has 0 aromatic heterocycles. The van der Waals surface area contributed by atoms with Crippen LogP contribution in [0.15, 0.2) is 0 Å². The molecule has 5 nitrogen and oxygen atoms in total. The topological polar surface area (TPSA) is 69.6 Å². The molecule has 1 aliphatic carbocycles. The van der Waals surface area contributed by atoms with Gasteiger partial charge in [-0.05, 0) is 33.1 Å². The molecule has 96 valence electrons. The molecule has 2 rings (SSSR count). The van der Waals surface area contributed by atoms with Crippen LogP contribution in [-0.4, -0.2) is 46.6 Å². The van der Waals surface area contributed by atoms with Gasteiger partial charge in [-0.2, -0.15) is 0 Å². The third-order valence-corrected chi connectivity index (χ3v) is 3.91. The van der Waals surface area contributed by atoms with Gasteiger partial charge in [0, 0.05) is 13.1 Å². The molecule has 2 unspecified atom stereocenters. The third-order valence-electron chi connectivity index (χ3n) is 3.91. The Hall–Kier alpha value is -1.10. The van der Waals surface area contributed by atoms with Crippen molar-refractivity contribution in [2.75, 3.05) is 13.1 Å². The molecule has 2 amide bonds. The lowest BCUT2D eigenvalue weighted by molar-refractivity contribution is -0.153. The van der Waals surface area contributed by atoms with E-state index in [-0.39, 0.29) is 17.7 Å². The van der Waals surface area contributed by atoms with E-state index in [4.69, 9.17) is 0 Å². The van der Waals surface area contributed by atoms with Crippen LogP contribution < -0.4 is 5.32 Å². The van der Waals surface area contributed by atoms with Gasteiger partial charge >= 0.3 is 0 Å². The zero-order valence-electron chi connectivity index (χ0n) is 10.4. The van der Waals surface area contributed by atoms with Crippen molar-refractivity contribution < 1.29 is 14.7 Å². The Morgan fingerprint density at radius 3 is 2.76 bits per heavy atom. The molecule has 1 aliphatic heterocycles. The second-order valence-electron chi connectivity index (χ2n) is 5.41. The number of piperazine rings is 1. The van der Waals surface area contributed by atoms with Crippen molar-refractivity contribution in [3.8, 4) is 0 Å². The van der Waals surface area contributed by atoms with Crippen molar-refractivity contribution in [1.29, 1.82) is 0 Å². The van der Waals surface area contributed by atoms with Crippen molar-refractivity contribution in [1.82, 2.24) is 10.2 Å². The SMILES string of the molecule is CC1(C)C(=O)NCCN1C(=O)C1CCCC1O. The highest BCUT2D eigenvalue weighted by Gasteiger charge is 2.44. The summed E-state index contributed by atoms with van der Waals surface area (Å²) in [5.74, 6) is -0.514. The van der Waals surface area contributed by atoms with Crippen LogP contribution in [-0.2, 0) is 9.59 Å². The van der Waals surface area contributed by atoms with Gasteiger partial charge in [-0.25, -0.2) is 0 Å². The summed E-state index contributed by atoms with van der Waals surface area (Å²) < 4.78 is 0. The van der Waals surface area contributed by atoms with Gasteiger partial charge in [0.15, 0.2) is 0 Å². The number of carbonyl (C=O) groups excluding carboxylic acids is 2. The van der Waals surface area contributed by atoms with Gasteiger partial charge in [-0.1, -0.05) is 0 Å². The average Bonchev–Trinajstić information content (AvgIpc) is 2.68. The second kappa shape index (κ2) is 4.29. The molecule has 0 aromatic rings. The maximum atomic E-state index is 12.4. The van der Waals surface area contributed by atoms with E-state index in [0.29, 0.717) is 19.5 Å². The van der Waals surface area contributed by atoms with Crippen molar-refractivity contribution >= 4 is 11.8 Å². The summed E-state index contributed by atoms with van der Waals surface area (Å²) in [5.41, 5.74) is -0.808. The van der Waals surface area contributed by atoms with E-state index in [9.17, 15) is 14.7 Å². The number of aliphatic hydroxyl groups is 1. The van der Waals surface area contributed by atoms with E-state index in [1.54, 1.807) is 18.7 Å². The van der Waals surface area contributed by atoms with Gasteiger partial charge in [-0.15, -0.1) is 0 Å². The third kappa shape index (κ3) is 2.04. The Bertz CT molecular complexity index is 341. The van der Waals surface area contributed by atoms with Crippen molar-refractivity contribution in [2.24, 2.45) is 5.92 Å². The fourth-order valence-electron chi connectivity index (χ4n) is 2.71. The van der Waals surface area contributed by atoms with E-state index in [1.165, 1.54) is 0 Å². The fraction of sp³-hybridized carbons (Fsp3) is 0.833. The summed E-state index contributed by atoms with van der Waals surface area (Å²) in [4.78, 5) is 25.7. The fourth-order valence-corrected chi connectivity index (χ4v) is 2.71. The van der Waals surface area contributed by atoms with Crippen molar-refractivity contribution in [2.45, 2.75) is 44.8 Å². The maximum Gasteiger partial charge on any atom is 0.245 e. The van der Waals surface area contributed by atoms with E-state index < -0.39 is 11.6 Å². The molecular formula is C12H20N2O3. The number of nitrogens with one attached hydrogen (secondary N) is 1. The molecule has 2 atom stereocenters. The lowest BCUT2D eigenvalue weighted by Gasteiger charge is -2.42. The molecule has 1 heterocycles. The maximum absolute atomic E-state index is 12.4. The molecule has 0 radical (unpaired) electrons. The van der Waals surface area contributed by atoms with Crippen molar-refractivity contribution in [3.63, 3.8) is 0 Å². The highest BCUT2D eigenvalue weighted by molar-refractivity contribution is 5.92. The first-order valence-corrected chi connectivity index (χ1v) is 6.22. The molecule has 1 saturated carbocycles.